The van der Waals surface area contributed by atoms with Crippen LogP contribution in [0.15, 0.2) is 71.2 Å². The van der Waals surface area contributed by atoms with Crippen molar-refractivity contribution in [1.82, 2.24) is 0 Å². The highest BCUT2D eigenvalue weighted by molar-refractivity contribution is 6.01. The molecular formula is C27H30N4O. The summed E-state index contributed by atoms with van der Waals surface area (Å²) in [5, 5.41) is 10.2. The van der Waals surface area contributed by atoms with Gasteiger partial charge in [0.05, 0.1) is 17.6 Å². The zero-order chi connectivity index (χ0) is 23.2. The van der Waals surface area contributed by atoms with Gasteiger partial charge >= 0.3 is 0 Å². The molecule has 0 bridgehead atoms. The smallest absolute Gasteiger partial charge is 0.162 e. The van der Waals surface area contributed by atoms with Crippen molar-refractivity contribution in [2.75, 3.05) is 23.9 Å². The summed E-state index contributed by atoms with van der Waals surface area (Å²) < 4.78 is 0. The number of carbonyl (C=O) groups excluding carboxylic acids is 1. The minimum absolute atomic E-state index is 0.0929. The predicted molar refractivity (Wildman–Crippen MR) is 129 cm³/mol. The first-order chi connectivity index (χ1) is 15.1. The highest BCUT2D eigenvalue weighted by Crippen LogP contribution is 2.50. The van der Waals surface area contributed by atoms with Crippen molar-refractivity contribution < 1.29 is 4.79 Å². The quantitative estimate of drug-likeness (QED) is 0.747. The molecule has 164 valence electrons. The lowest BCUT2D eigenvalue weighted by atomic mass is 9.68. The van der Waals surface area contributed by atoms with Crippen LogP contribution in [0.5, 0.6) is 0 Å². The van der Waals surface area contributed by atoms with Crippen molar-refractivity contribution in [3.8, 4) is 6.07 Å². The average molecular weight is 427 g/mol. The molecule has 0 amide bonds. The van der Waals surface area contributed by atoms with Gasteiger partial charge in [-0.25, -0.2) is 0 Å². The number of Topliss-reactive ketones (excluding diaryl/α,β-unsaturated/α-hetero) is 1. The maximum atomic E-state index is 13.5. The summed E-state index contributed by atoms with van der Waals surface area (Å²) in [5.74, 6) is 0.0501. The van der Waals surface area contributed by atoms with Gasteiger partial charge in [-0.3, -0.25) is 9.69 Å². The molecule has 4 rings (SSSR count). The van der Waals surface area contributed by atoms with E-state index in [4.69, 9.17) is 5.73 Å². The van der Waals surface area contributed by atoms with Crippen LogP contribution in [0.3, 0.4) is 0 Å². The van der Waals surface area contributed by atoms with Gasteiger partial charge in [0.2, 0.25) is 0 Å². The second-order valence-corrected chi connectivity index (χ2v) is 9.80. The minimum Gasteiger partial charge on any atom is -0.384 e. The predicted octanol–water partition coefficient (Wildman–Crippen LogP) is 5.00. The van der Waals surface area contributed by atoms with Crippen LogP contribution in [-0.2, 0) is 4.79 Å². The molecule has 2 aromatic rings. The van der Waals surface area contributed by atoms with E-state index in [1.807, 2.05) is 79.3 Å². The van der Waals surface area contributed by atoms with Gasteiger partial charge in [0.25, 0.3) is 0 Å². The highest BCUT2D eigenvalue weighted by Gasteiger charge is 2.44. The monoisotopic (exact) mass is 426 g/mol. The summed E-state index contributed by atoms with van der Waals surface area (Å²) in [5.41, 5.74) is 12.5. The second-order valence-electron chi connectivity index (χ2n) is 9.80. The lowest BCUT2D eigenvalue weighted by Crippen LogP contribution is -2.42. The molecule has 0 aromatic heterocycles. The minimum atomic E-state index is -0.448. The molecule has 0 fully saturated rings. The number of nitrogens with zero attached hydrogens (tertiary/aromatic N) is 3. The summed E-state index contributed by atoms with van der Waals surface area (Å²) in [4.78, 5) is 17.5. The SMILES string of the molecule is Cc1ccc(N2C(N)=C(C#N)[C@H](c3ccc(N(C)C)cc3)C3=C2CC(C)(C)CC3=O)cc1. The Bertz CT molecular complexity index is 1160. The van der Waals surface area contributed by atoms with E-state index in [-0.39, 0.29) is 11.2 Å². The van der Waals surface area contributed by atoms with Crippen molar-refractivity contribution in [2.45, 2.75) is 39.5 Å². The molecule has 0 saturated carbocycles. The molecule has 1 aliphatic heterocycles. The van der Waals surface area contributed by atoms with Crippen LogP contribution in [-0.4, -0.2) is 19.9 Å². The molecule has 2 aliphatic rings. The van der Waals surface area contributed by atoms with Gasteiger partial charge in [-0.1, -0.05) is 43.7 Å². The summed E-state index contributed by atoms with van der Waals surface area (Å²) in [7, 11) is 3.97. The van der Waals surface area contributed by atoms with Gasteiger partial charge < -0.3 is 10.6 Å². The molecule has 1 heterocycles. The Balaban J connectivity index is 1.95. The topological polar surface area (TPSA) is 73.4 Å². The summed E-state index contributed by atoms with van der Waals surface area (Å²) >= 11 is 0. The molecule has 1 aliphatic carbocycles. The van der Waals surface area contributed by atoms with Crippen molar-refractivity contribution in [1.29, 1.82) is 5.26 Å². The number of allylic oxidation sites excluding steroid dienone is 3. The fraction of sp³-hybridized carbons (Fsp3) is 0.333. The summed E-state index contributed by atoms with van der Waals surface area (Å²) in [6.07, 6.45) is 1.17. The number of anilines is 2. The largest absolute Gasteiger partial charge is 0.384 e. The van der Waals surface area contributed by atoms with E-state index in [1.54, 1.807) is 0 Å². The van der Waals surface area contributed by atoms with Gasteiger partial charge in [0.1, 0.15) is 5.82 Å². The lowest BCUT2D eigenvalue weighted by molar-refractivity contribution is -0.118. The summed E-state index contributed by atoms with van der Waals surface area (Å²) in [6.45, 7) is 6.26. The highest BCUT2D eigenvalue weighted by atomic mass is 16.1. The molecule has 2 aromatic carbocycles. The normalized spacial score (nSPS) is 20.2. The van der Waals surface area contributed by atoms with E-state index in [9.17, 15) is 10.1 Å². The van der Waals surface area contributed by atoms with Crippen molar-refractivity contribution >= 4 is 17.2 Å². The van der Waals surface area contributed by atoms with Crippen molar-refractivity contribution in [3.63, 3.8) is 0 Å². The zero-order valence-corrected chi connectivity index (χ0v) is 19.4. The number of aryl methyl sites for hydroxylation is 1. The van der Waals surface area contributed by atoms with Crippen LogP contribution in [0.2, 0.25) is 0 Å². The van der Waals surface area contributed by atoms with Gasteiger partial charge in [-0.05, 0) is 48.6 Å². The molecule has 0 spiro atoms. The number of carbonyl (C=O) groups is 1. The number of ketones is 1. The Morgan fingerprint density at radius 1 is 1.06 bits per heavy atom. The molecule has 0 unspecified atom stereocenters. The van der Waals surface area contributed by atoms with Crippen molar-refractivity contribution in [3.05, 3.63) is 82.3 Å². The molecule has 5 heteroatoms. The van der Waals surface area contributed by atoms with Crippen LogP contribution in [0.4, 0.5) is 11.4 Å². The van der Waals surface area contributed by atoms with E-state index in [0.717, 1.165) is 28.2 Å². The van der Waals surface area contributed by atoms with Crippen LogP contribution in [0.25, 0.3) is 0 Å². The third-order valence-corrected chi connectivity index (χ3v) is 6.42. The molecule has 1 atom stereocenters. The Morgan fingerprint density at radius 3 is 2.25 bits per heavy atom. The second kappa shape index (κ2) is 7.87. The first kappa shape index (κ1) is 21.7. The molecular weight excluding hydrogens is 396 g/mol. The van der Waals surface area contributed by atoms with E-state index in [0.29, 0.717) is 29.8 Å². The first-order valence-electron chi connectivity index (χ1n) is 10.9. The average Bonchev–Trinajstić information content (AvgIpc) is 2.73. The fourth-order valence-electron chi connectivity index (χ4n) is 4.80. The Hall–Kier alpha value is -3.52. The third kappa shape index (κ3) is 3.67. The van der Waals surface area contributed by atoms with Gasteiger partial charge in [0.15, 0.2) is 5.78 Å². The van der Waals surface area contributed by atoms with Crippen LogP contribution < -0.4 is 15.5 Å². The summed E-state index contributed by atoms with van der Waals surface area (Å²) in [6, 6.07) is 18.4. The number of nitriles is 1. The molecule has 0 radical (unpaired) electrons. The number of benzene rings is 2. The molecule has 32 heavy (non-hydrogen) atoms. The molecule has 5 nitrogen and oxygen atoms in total. The van der Waals surface area contributed by atoms with Gasteiger partial charge in [-0.2, -0.15) is 5.26 Å². The van der Waals surface area contributed by atoms with E-state index in [2.05, 4.69) is 19.9 Å². The standard InChI is InChI=1S/C27H30N4O/c1-17-6-10-20(11-7-17)31-22-14-27(2,3)15-23(32)25(22)24(21(16-28)26(31)29)18-8-12-19(13-9-18)30(4)5/h6-13,24H,14-15,29H2,1-5H3/t24-/m0/s1. The van der Waals surface area contributed by atoms with E-state index in [1.165, 1.54) is 0 Å². The first-order valence-corrected chi connectivity index (χ1v) is 10.9. The number of nitrogens with two attached hydrogens (primary N) is 1. The van der Waals surface area contributed by atoms with Crippen LogP contribution >= 0.6 is 0 Å². The molecule has 0 saturated heterocycles. The number of hydrogen-bond acceptors (Lipinski definition) is 5. The van der Waals surface area contributed by atoms with Crippen LogP contribution in [0, 0.1) is 23.7 Å². The van der Waals surface area contributed by atoms with E-state index < -0.39 is 5.92 Å². The molecule has 2 N–H and O–H groups in total. The fourth-order valence-corrected chi connectivity index (χ4v) is 4.80. The lowest BCUT2D eigenvalue weighted by Gasteiger charge is -2.43. The van der Waals surface area contributed by atoms with Crippen LogP contribution in [0.1, 0.15) is 43.7 Å². The maximum Gasteiger partial charge on any atom is 0.162 e. The van der Waals surface area contributed by atoms with E-state index >= 15 is 0 Å². The number of hydrogen-bond donors (Lipinski definition) is 1. The third-order valence-electron chi connectivity index (χ3n) is 6.42. The Labute approximate surface area is 190 Å². The zero-order valence-electron chi connectivity index (χ0n) is 19.4. The maximum absolute atomic E-state index is 13.5. The van der Waals surface area contributed by atoms with Gasteiger partial charge in [0, 0.05) is 43.2 Å². The Kier molecular flexibility index (Phi) is 5.34. The van der Waals surface area contributed by atoms with Crippen molar-refractivity contribution in [2.24, 2.45) is 11.1 Å². The Morgan fingerprint density at radius 2 is 1.69 bits per heavy atom. The van der Waals surface area contributed by atoms with Gasteiger partial charge in [-0.15, -0.1) is 0 Å². The number of rotatable bonds is 3.